The Morgan fingerprint density at radius 1 is 1.10 bits per heavy atom. The summed E-state index contributed by atoms with van der Waals surface area (Å²) in [6, 6.07) is 13.3. The highest BCUT2D eigenvalue weighted by atomic mass is 16.6. The highest BCUT2D eigenvalue weighted by molar-refractivity contribution is 6.00. The molecule has 1 N–H and O–H groups in total. The van der Waals surface area contributed by atoms with Gasteiger partial charge in [-0.2, -0.15) is 0 Å². The van der Waals surface area contributed by atoms with Gasteiger partial charge in [0.1, 0.15) is 0 Å². The number of nitrogens with zero attached hydrogens (tertiary/aromatic N) is 5. The van der Waals surface area contributed by atoms with Crippen molar-refractivity contribution >= 4 is 28.9 Å². The van der Waals surface area contributed by atoms with Gasteiger partial charge in [0, 0.05) is 38.6 Å². The van der Waals surface area contributed by atoms with E-state index in [1.807, 2.05) is 19.1 Å². The summed E-state index contributed by atoms with van der Waals surface area (Å²) >= 11 is 0. The molecule has 0 aliphatic heterocycles. The molecule has 0 fully saturated rings. The van der Waals surface area contributed by atoms with Crippen LogP contribution in [0.4, 0.5) is 23.0 Å². The van der Waals surface area contributed by atoms with Crippen LogP contribution in [0.15, 0.2) is 60.9 Å². The van der Waals surface area contributed by atoms with Crippen LogP contribution in [0.1, 0.15) is 15.9 Å². The number of rotatable bonds is 6. The molecule has 0 bridgehead atoms. The number of hydrazine groups is 1. The number of nitrogens with one attached hydrogen (secondary N) is 1. The zero-order chi connectivity index (χ0) is 21.0. The van der Waals surface area contributed by atoms with E-state index >= 15 is 0 Å². The topological polar surface area (TPSA) is 104 Å². The van der Waals surface area contributed by atoms with E-state index in [4.69, 9.17) is 0 Å². The van der Waals surface area contributed by atoms with Gasteiger partial charge < -0.3 is 5.32 Å². The lowest BCUT2D eigenvalue weighted by molar-refractivity contribution is -0.384. The van der Waals surface area contributed by atoms with Crippen LogP contribution in [0.25, 0.3) is 0 Å². The largest absolute Gasteiger partial charge is 0.355 e. The number of nitro groups is 1. The van der Waals surface area contributed by atoms with Gasteiger partial charge in [-0.05, 0) is 42.8 Å². The first kappa shape index (κ1) is 19.7. The smallest absolute Gasteiger partial charge is 0.269 e. The second kappa shape index (κ2) is 8.34. The van der Waals surface area contributed by atoms with Gasteiger partial charge in [-0.3, -0.25) is 19.9 Å². The molecule has 3 aromatic rings. The van der Waals surface area contributed by atoms with Crippen molar-refractivity contribution in [1.29, 1.82) is 0 Å². The molecule has 2 aromatic carbocycles. The van der Waals surface area contributed by atoms with Crippen molar-refractivity contribution < 1.29 is 9.72 Å². The fourth-order valence-electron chi connectivity index (χ4n) is 2.85. The van der Waals surface area contributed by atoms with Crippen LogP contribution >= 0.6 is 0 Å². The van der Waals surface area contributed by atoms with Crippen molar-refractivity contribution in [3.63, 3.8) is 0 Å². The Balaban J connectivity index is 2.15. The van der Waals surface area contributed by atoms with Crippen LogP contribution in [-0.4, -0.2) is 34.9 Å². The van der Waals surface area contributed by atoms with Crippen molar-refractivity contribution in [2.45, 2.75) is 6.92 Å². The Morgan fingerprint density at radius 3 is 2.34 bits per heavy atom. The summed E-state index contributed by atoms with van der Waals surface area (Å²) in [5, 5.41) is 17.0. The maximum absolute atomic E-state index is 12.5. The highest BCUT2D eigenvalue weighted by Crippen LogP contribution is 2.31. The third-order valence-corrected chi connectivity index (χ3v) is 4.33. The van der Waals surface area contributed by atoms with Crippen LogP contribution in [0.3, 0.4) is 0 Å². The van der Waals surface area contributed by atoms with Crippen molar-refractivity contribution in [3.8, 4) is 0 Å². The minimum atomic E-state index is -0.452. The van der Waals surface area contributed by atoms with Crippen LogP contribution in [0.2, 0.25) is 0 Å². The van der Waals surface area contributed by atoms with Crippen LogP contribution in [0.5, 0.6) is 0 Å². The average molecular weight is 392 g/mol. The summed E-state index contributed by atoms with van der Waals surface area (Å²) in [5.74, 6) is 0.0992. The predicted molar refractivity (Wildman–Crippen MR) is 110 cm³/mol. The molecule has 1 aromatic heterocycles. The standard InChI is InChI=1S/C20H20N6O3/c1-14-5-10-17(19(27)21-2)18(13-14)25(20-22-11-4-12-23-20)24(3)15-6-8-16(9-7-15)26(28)29/h4-13H,1-3H3,(H,21,27). The monoisotopic (exact) mass is 392 g/mol. The van der Waals surface area contributed by atoms with Gasteiger partial charge in [-0.25, -0.2) is 15.0 Å². The van der Waals surface area contributed by atoms with E-state index in [0.717, 1.165) is 5.56 Å². The first-order valence-corrected chi connectivity index (χ1v) is 8.80. The molecule has 29 heavy (non-hydrogen) atoms. The molecule has 1 heterocycles. The lowest BCUT2D eigenvalue weighted by Crippen LogP contribution is -2.39. The Hall–Kier alpha value is -4.01. The number of carbonyl (C=O) groups excluding carboxylic acids is 1. The molecular formula is C20H20N6O3. The number of aryl methyl sites for hydroxylation is 1. The third-order valence-electron chi connectivity index (χ3n) is 4.33. The van der Waals surface area contributed by atoms with Gasteiger partial charge in [0.25, 0.3) is 11.6 Å². The molecular weight excluding hydrogens is 372 g/mol. The summed E-state index contributed by atoms with van der Waals surface area (Å²) in [7, 11) is 3.34. The summed E-state index contributed by atoms with van der Waals surface area (Å²) in [5.41, 5.74) is 2.63. The van der Waals surface area contributed by atoms with E-state index in [0.29, 0.717) is 22.9 Å². The van der Waals surface area contributed by atoms with Gasteiger partial charge in [0.15, 0.2) is 0 Å². The number of hydrogen-bond donors (Lipinski definition) is 1. The second-order valence-corrected chi connectivity index (χ2v) is 6.26. The average Bonchev–Trinajstić information content (AvgIpc) is 2.74. The van der Waals surface area contributed by atoms with Crippen LogP contribution < -0.4 is 15.3 Å². The van der Waals surface area contributed by atoms with E-state index in [-0.39, 0.29) is 11.6 Å². The summed E-state index contributed by atoms with van der Waals surface area (Å²) < 4.78 is 0. The zero-order valence-corrected chi connectivity index (χ0v) is 16.2. The maximum Gasteiger partial charge on any atom is 0.269 e. The van der Waals surface area contributed by atoms with Gasteiger partial charge in [-0.1, -0.05) is 6.07 Å². The fourth-order valence-corrected chi connectivity index (χ4v) is 2.85. The number of non-ortho nitro benzene ring substituents is 1. The fraction of sp³-hybridized carbons (Fsp3) is 0.150. The number of nitro benzene ring substituents is 1. The summed E-state index contributed by atoms with van der Waals surface area (Å²) in [6.45, 7) is 1.92. The number of aromatic nitrogens is 2. The van der Waals surface area contributed by atoms with E-state index in [9.17, 15) is 14.9 Å². The first-order chi connectivity index (χ1) is 13.9. The van der Waals surface area contributed by atoms with Crippen molar-refractivity contribution in [1.82, 2.24) is 15.3 Å². The van der Waals surface area contributed by atoms with Crippen molar-refractivity contribution in [3.05, 3.63) is 82.2 Å². The van der Waals surface area contributed by atoms with Gasteiger partial charge in [-0.15, -0.1) is 0 Å². The number of hydrogen-bond acceptors (Lipinski definition) is 7. The van der Waals surface area contributed by atoms with Gasteiger partial charge >= 0.3 is 0 Å². The molecule has 0 unspecified atom stereocenters. The molecule has 9 nitrogen and oxygen atoms in total. The molecule has 0 saturated carbocycles. The molecule has 0 spiro atoms. The maximum atomic E-state index is 12.5. The highest BCUT2D eigenvalue weighted by Gasteiger charge is 2.24. The predicted octanol–water partition coefficient (Wildman–Crippen LogP) is 3.24. The second-order valence-electron chi connectivity index (χ2n) is 6.26. The normalized spacial score (nSPS) is 10.3. The quantitative estimate of drug-likeness (QED) is 0.507. The van der Waals surface area contributed by atoms with E-state index in [1.165, 1.54) is 12.1 Å². The SMILES string of the molecule is CNC(=O)c1ccc(C)cc1N(c1ncccn1)N(C)c1ccc([N+](=O)[O-])cc1. The molecule has 3 rings (SSSR count). The molecule has 148 valence electrons. The number of anilines is 3. The van der Waals surface area contributed by atoms with Gasteiger partial charge in [0.05, 0.1) is 21.9 Å². The molecule has 0 aliphatic carbocycles. The molecule has 9 heteroatoms. The minimum absolute atomic E-state index is 0.00809. The Morgan fingerprint density at radius 2 is 1.76 bits per heavy atom. The Bertz CT molecular complexity index is 1020. The number of amides is 1. The Kier molecular flexibility index (Phi) is 5.68. The van der Waals surface area contributed by atoms with Crippen molar-refractivity contribution in [2.24, 2.45) is 0 Å². The lowest BCUT2D eigenvalue weighted by Gasteiger charge is -2.34. The Labute approximate surface area is 167 Å². The zero-order valence-electron chi connectivity index (χ0n) is 16.2. The van der Waals surface area contributed by atoms with Gasteiger partial charge in [0.2, 0.25) is 5.95 Å². The van der Waals surface area contributed by atoms with Crippen molar-refractivity contribution in [2.75, 3.05) is 24.1 Å². The van der Waals surface area contributed by atoms with E-state index in [1.54, 1.807) is 60.8 Å². The third kappa shape index (κ3) is 4.13. The molecule has 0 atom stereocenters. The molecule has 0 aliphatic rings. The number of benzene rings is 2. The lowest BCUT2D eigenvalue weighted by atomic mass is 10.1. The molecule has 0 saturated heterocycles. The summed E-state index contributed by atoms with van der Waals surface area (Å²) in [4.78, 5) is 31.7. The number of carbonyl (C=O) groups is 1. The minimum Gasteiger partial charge on any atom is -0.355 e. The molecule has 0 radical (unpaired) electrons. The van der Waals surface area contributed by atoms with Crippen LogP contribution in [0, 0.1) is 17.0 Å². The van der Waals surface area contributed by atoms with Crippen LogP contribution in [-0.2, 0) is 0 Å². The van der Waals surface area contributed by atoms with E-state index < -0.39 is 4.92 Å². The molecule has 1 amide bonds. The summed E-state index contributed by atoms with van der Waals surface area (Å²) in [6.07, 6.45) is 3.21. The van der Waals surface area contributed by atoms with E-state index in [2.05, 4.69) is 15.3 Å². The first-order valence-electron chi connectivity index (χ1n) is 8.80.